The minimum atomic E-state index is -1.22. The molecule has 0 fully saturated rings. The summed E-state index contributed by atoms with van der Waals surface area (Å²) >= 11 is 3.08. The van der Waals surface area contributed by atoms with Gasteiger partial charge in [-0.3, -0.25) is 0 Å². The largest absolute Gasteiger partial charge is 0.478 e. The number of carboxylic acid groups (broad SMARTS) is 2. The second kappa shape index (κ2) is 6.44. The number of fused-ring (bicyclic) bond motifs is 2. The lowest BCUT2D eigenvalue weighted by Gasteiger charge is -2.24. The van der Waals surface area contributed by atoms with E-state index in [-0.39, 0.29) is 15.6 Å². The number of ether oxygens (including phenoxy) is 1. The topological polar surface area (TPSA) is 95.9 Å². The van der Waals surface area contributed by atoms with Crippen molar-refractivity contribution in [2.45, 2.75) is 0 Å². The van der Waals surface area contributed by atoms with Crippen LogP contribution < -0.4 is 10.1 Å². The highest BCUT2D eigenvalue weighted by Crippen LogP contribution is 2.46. The molecule has 3 aromatic carbocycles. The van der Waals surface area contributed by atoms with Crippen molar-refractivity contribution in [1.29, 1.82) is 0 Å². The molecule has 0 radical (unpaired) electrons. The van der Waals surface area contributed by atoms with Crippen LogP contribution in [0.3, 0.4) is 0 Å². The van der Waals surface area contributed by atoms with Crippen molar-refractivity contribution in [2.24, 2.45) is 0 Å². The maximum atomic E-state index is 11.6. The number of nitrogens with one attached hydrogen (secondary N) is 1. The van der Waals surface area contributed by atoms with E-state index in [2.05, 4.69) is 21.2 Å². The molecule has 27 heavy (non-hydrogen) atoms. The van der Waals surface area contributed by atoms with E-state index in [1.165, 1.54) is 12.1 Å². The molecule has 1 aliphatic rings. The molecule has 6 nitrogen and oxygen atoms in total. The summed E-state index contributed by atoms with van der Waals surface area (Å²) in [7, 11) is 0. The fourth-order valence-corrected chi connectivity index (χ4v) is 3.56. The zero-order chi connectivity index (χ0) is 19.1. The smallest absolute Gasteiger partial charge is 0.336 e. The van der Waals surface area contributed by atoms with Gasteiger partial charge < -0.3 is 20.3 Å². The molecule has 1 heterocycles. The lowest BCUT2D eigenvalue weighted by molar-refractivity contribution is 0.0696. The summed E-state index contributed by atoms with van der Waals surface area (Å²) in [5.74, 6) is -1.19. The van der Waals surface area contributed by atoms with Crippen LogP contribution in [0.25, 0.3) is 11.1 Å². The predicted octanol–water partition coefficient (Wildman–Crippen LogP) is 5.36. The molecule has 0 saturated heterocycles. The van der Waals surface area contributed by atoms with Crippen LogP contribution in [0, 0.1) is 0 Å². The van der Waals surface area contributed by atoms with Crippen LogP contribution in [0.2, 0.25) is 0 Å². The van der Waals surface area contributed by atoms with E-state index in [0.29, 0.717) is 28.3 Å². The average molecular weight is 426 g/mol. The fourth-order valence-electron chi connectivity index (χ4n) is 2.99. The summed E-state index contributed by atoms with van der Waals surface area (Å²) in [6.45, 7) is 0. The molecule has 4 rings (SSSR count). The van der Waals surface area contributed by atoms with Crippen LogP contribution in [0.5, 0.6) is 11.5 Å². The first kappa shape index (κ1) is 17.1. The second-order valence-corrected chi connectivity index (χ2v) is 6.69. The van der Waals surface area contributed by atoms with E-state index < -0.39 is 11.9 Å². The van der Waals surface area contributed by atoms with Crippen molar-refractivity contribution >= 4 is 39.2 Å². The lowest BCUT2D eigenvalue weighted by atomic mass is 9.97. The van der Waals surface area contributed by atoms with Crippen LogP contribution in [0.4, 0.5) is 11.4 Å². The van der Waals surface area contributed by atoms with Gasteiger partial charge in [0.1, 0.15) is 0 Å². The molecule has 7 heteroatoms. The third kappa shape index (κ3) is 2.92. The first-order valence-electron chi connectivity index (χ1n) is 7.93. The van der Waals surface area contributed by atoms with Gasteiger partial charge in [0, 0.05) is 10.0 Å². The second-order valence-electron chi connectivity index (χ2n) is 5.90. The van der Waals surface area contributed by atoms with Crippen molar-refractivity contribution in [3.63, 3.8) is 0 Å². The number of halogens is 1. The Labute approximate surface area is 162 Å². The molecule has 0 saturated carbocycles. The summed E-state index contributed by atoms with van der Waals surface area (Å²) in [5, 5.41) is 22.2. The Bertz CT molecular complexity index is 1070. The van der Waals surface area contributed by atoms with Crippen LogP contribution in [-0.4, -0.2) is 22.2 Å². The molecule has 0 atom stereocenters. The number of hydrogen-bond donors (Lipinski definition) is 3. The summed E-state index contributed by atoms with van der Waals surface area (Å²) < 4.78 is 5.95. The molecule has 3 N–H and O–H groups in total. The number of hydrogen-bond acceptors (Lipinski definition) is 4. The van der Waals surface area contributed by atoms with Gasteiger partial charge in [-0.15, -0.1) is 0 Å². The highest BCUT2D eigenvalue weighted by atomic mass is 79.9. The zero-order valence-corrected chi connectivity index (χ0v) is 15.3. The van der Waals surface area contributed by atoms with E-state index in [1.54, 1.807) is 18.2 Å². The van der Waals surface area contributed by atoms with Gasteiger partial charge in [0.05, 0.1) is 22.5 Å². The van der Waals surface area contributed by atoms with Gasteiger partial charge in [0.2, 0.25) is 0 Å². The lowest BCUT2D eigenvalue weighted by Crippen LogP contribution is -2.07. The van der Waals surface area contributed by atoms with E-state index in [4.69, 9.17) is 4.74 Å². The minimum absolute atomic E-state index is 0.0330. The summed E-state index contributed by atoms with van der Waals surface area (Å²) in [4.78, 5) is 23.1. The van der Waals surface area contributed by atoms with Crippen molar-refractivity contribution in [3.05, 3.63) is 70.2 Å². The molecule has 0 unspecified atom stereocenters. The van der Waals surface area contributed by atoms with E-state index in [9.17, 15) is 19.8 Å². The number of para-hydroxylation sites is 3. The molecule has 134 valence electrons. The van der Waals surface area contributed by atoms with Crippen molar-refractivity contribution < 1.29 is 24.5 Å². The van der Waals surface area contributed by atoms with E-state index in [1.807, 2.05) is 24.3 Å². The van der Waals surface area contributed by atoms with Crippen LogP contribution in [0.15, 0.2) is 59.1 Å². The average Bonchev–Trinajstić information content (AvgIpc) is 2.65. The highest BCUT2D eigenvalue weighted by Gasteiger charge is 2.23. The van der Waals surface area contributed by atoms with Crippen LogP contribution in [0.1, 0.15) is 20.7 Å². The number of benzene rings is 3. The number of carboxylic acids is 2. The Hall–Kier alpha value is -3.32. The minimum Gasteiger partial charge on any atom is -0.478 e. The maximum Gasteiger partial charge on any atom is 0.336 e. The van der Waals surface area contributed by atoms with Crippen LogP contribution in [-0.2, 0) is 0 Å². The van der Waals surface area contributed by atoms with Gasteiger partial charge >= 0.3 is 11.9 Å². The van der Waals surface area contributed by atoms with Gasteiger partial charge in [0.25, 0.3) is 0 Å². The molecule has 0 aromatic heterocycles. The fraction of sp³-hybridized carbons (Fsp3) is 0. The molecular formula is C20H12BrNO5. The number of carbonyl (C=O) groups is 2. The molecule has 0 amide bonds. The van der Waals surface area contributed by atoms with Crippen LogP contribution >= 0.6 is 15.9 Å². The molecule has 0 bridgehead atoms. The Morgan fingerprint density at radius 2 is 1.52 bits per heavy atom. The van der Waals surface area contributed by atoms with Gasteiger partial charge in [-0.1, -0.05) is 24.3 Å². The Kier molecular flexibility index (Phi) is 4.08. The van der Waals surface area contributed by atoms with E-state index >= 15 is 0 Å². The van der Waals surface area contributed by atoms with E-state index in [0.717, 1.165) is 5.69 Å². The Morgan fingerprint density at radius 3 is 2.19 bits per heavy atom. The third-order valence-electron chi connectivity index (χ3n) is 4.24. The summed E-state index contributed by atoms with van der Waals surface area (Å²) in [6, 6.07) is 15.7. The van der Waals surface area contributed by atoms with Gasteiger partial charge in [-0.25, -0.2) is 9.59 Å². The third-order valence-corrected chi connectivity index (χ3v) is 5.09. The Morgan fingerprint density at radius 1 is 0.889 bits per heavy atom. The number of aromatic carboxylic acids is 2. The maximum absolute atomic E-state index is 11.6. The summed E-state index contributed by atoms with van der Waals surface area (Å²) in [5.41, 5.74) is 2.26. The van der Waals surface area contributed by atoms with Gasteiger partial charge in [0.15, 0.2) is 11.5 Å². The normalized spacial score (nSPS) is 11.6. The number of rotatable bonds is 3. The Balaban J connectivity index is 1.91. The number of anilines is 2. The highest BCUT2D eigenvalue weighted by molar-refractivity contribution is 9.10. The quantitative estimate of drug-likeness (QED) is 0.408. The van der Waals surface area contributed by atoms with Crippen molar-refractivity contribution in [1.82, 2.24) is 0 Å². The standard InChI is InChI=1S/C20H12BrNO5/c21-17-12(19(23)24)8-10(9-13(17)20(25)26)11-4-3-7-16-18(11)22-14-5-1-2-6-15(14)27-16/h1-9,22H,(H,23,24)(H,25,26). The molecule has 0 aliphatic carbocycles. The zero-order valence-electron chi connectivity index (χ0n) is 13.7. The monoisotopic (exact) mass is 425 g/mol. The van der Waals surface area contributed by atoms with Gasteiger partial charge in [-0.05, 0) is 51.8 Å². The summed E-state index contributed by atoms with van der Waals surface area (Å²) in [6.07, 6.45) is 0. The molecule has 0 spiro atoms. The molecule has 1 aliphatic heterocycles. The first-order chi connectivity index (χ1) is 13.0. The van der Waals surface area contributed by atoms with Crippen molar-refractivity contribution in [3.8, 4) is 22.6 Å². The first-order valence-corrected chi connectivity index (χ1v) is 8.72. The van der Waals surface area contributed by atoms with Gasteiger partial charge in [-0.2, -0.15) is 0 Å². The molecular weight excluding hydrogens is 414 g/mol. The molecule has 3 aromatic rings. The van der Waals surface area contributed by atoms with Crippen molar-refractivity contribution in [2.75, 3.05) is 5.32 Å². The predicted molar refractivity (Wildman–Crippen MR) is 103 cm³/mol. The SMILES string of the molecule is O=C(O)c1cc(-c2cccc3c2Nc2ccccc2O3)cc(C(=O)O)c1Br.